The fraction of sp³-hybridized carbons (Fsp3) is 0. The molecule has 0 aromatic heterocycles. The van der Waals surface area contributed by atoms with Gasteiger partial charge in [0.1, 0.15) is 17.3 Å². The van der Waals surface area contributed by atoms with Gasteiger partial charge in [0, 0.05) is 0 Å². The Kier molecular flexibility index (Phi) is 1.52. The zero-order chi connectivity index (χ0) is 7.56. The van der Waals surface area contributed by atoms with Crippen LogP contribution in [0, 0.1) is 0 Å². The number of ketones is 1. The molecule has 1 rings (SSSR count). The van der Waals surface area contributed by atoms with E-state index in [0.29, 0.717) is 0 Å². The Balaban J connectivity index is 3.16. The van der Waals surface area contributed by atoms with Crippen LogP contribution in [0.25, 0.3) is 0 Å². The van der Waals surface area contributed by atoms with Crippen LogP contribution < -0.4 is 0 Å². The van der Waals surface area contributed by atoms with Crippen LogP contribution in [0.4, 0.5) is 0 Å². The summed E-state index contributed by atoms with van der Waals surface area (Å²) in [5.41, 5.74) is -0.303. The number of rotatable bonds is 0. The molecule has 0 bridgehead atoms. The molecule has 0 aromatic rings. The van der Waals surface area contributed by atoms with Gasteiger partial charge in [-0.1, -0.05) is 6.08 Å². The molecule has 3 heteroatoms. The second-order valence-corrected chi connectivity index (χ2v) is 1.75. The van der Waals surface area contributed by atoms with Gasteiger partial charge in [0.2, 0.25) is 5.78 Å². The van der Waals surface area contributed by atoms with E-state index in [9.17, 15) is 9.59 Å². The number of aliphatic hydroxyl groups excluding tert-OH is 1. The molecular weight excluding hydrogens is 132 g/mol. The van der Waals surface area contributed by atoms with Crippen LogP contribution in [0.3, 0.4) is 0 Å². The van der Waals surface area contributed by atoms with E-state index in [1.165, 1.54) is 24.2 Å². The molecule has 0 spiro atoms. The molecule has 50 valence electrons. The van der Waals surface area contributed by atoms with Crippen molar-refractivity contribution in [1.29, 1.82) is 0 Å². The molecule has 0 saturated heterocycles. The molecule has 1 aliphatic carbocycles. The number of carbonyl (C=O) groups is 1. The second-order valence-electron chi connectivity index (χ2n) is 1.75. The summed E-state index contributed by atoms with van der Waals surface area (Å²) in [4.78, 5) is 20.6. The first-order valence-corrected chi connectivity index (χ1v) is 2.63. The summed E-state index contributed by atoms with van der Waals surface area (Å²) in [6.45, 7) is 0. The molecule has 1 N–H and O–H groups in total. The molecule has 0 unspecified atom stereocenters. The average molecular weight is 136 g/mol. The monoisotopic (exact) mass is 136 g/mol. The highest BCUT2D eigenvalue weighted by molar-refractivity contribution is 6.13. The molecule has 0 aromatic carbocycles. The predicted molar refractivity (Wildman–Crippen MR) is 34.1 cm³/mol. The van der Waals surface area contributed by atoms with Gasteiger partial charge in [-0.2, -0.15) is 0 Å². The Bertz CT molecular complexity index is 277. The van der Waals surface area contributed by atoms with Gasteiger partial charge >= 0.3 is 0 Å². The van der Waals surface area contributed by atoms with Gasteiger partial charge in [0.25, 0.3) is 0 Å². The molecule has 3 nitrogen and oxygen atoms in total. The zero-order valence-corrected chi connectivity index (χ0v) is 5.00. The summed E-state index contributed by atoms with van der Waals surface area (Å²) in [7, 11) is 0. The number of carbonyl (C=O) groups excluding carboxylic acids is 2. The summed E-state index contributed by atoms with van der Waals surface area (Å²) in [5, 5.41) is 8.83. The standard InChI is InChI=1S/C7H4O3/c8-4-5-6(9)2-1-3-7(5)10/h1-3,9H. The third kappa shape index (κ3) is 0.900. The maximum absolute atomic E-state index is 10.6. The Labute approximate surface area is 57.0 Å². The van der Waals surface area contributed by atoms with Gasteiger partial charge in [-0.3, -0.25) is 4.79 Å². The lowest BCUT2D eigenvalue weighted by Crippen LogP contribution is -2.05. The van der Waals surface area contributed by atoms with E-state index in [0.717, 1.165) is 0 Å². The summed E-state index contributed by atoms with van der Waals surface area (Å²) < 4.78 is 0. The first-order valence-electron chi connectivity index (χ1n) is 2.63. The van der Waals surface area contributed by atoms with Gasteiger partial charge in [0.15, 0.2) is 0 Å². The van der Waals surface area contributed by atoms with Crippen LogP contribution in [0.15, 0.2) is 29.6 Å². The number of hydrogen-bond acceptors (Lipinski definition) is 3. The van der Waals surface area contributed by atoms with Gasteiger partial charge < -0.3 is 5.11 Å². The molecule has 0 amide bonds. The van der Waals surface area contributed by atoms with Crippen LogP contribution in [0.2, 0.25) is 0 Å². The van der Waals surface area contributed by atoms with Gasteiger partial charge in [-0.05, 0) is 12.2 Å². The lowest BCUT2D eigenvalue weighted by atomic mass is 10.1. The Hall–Kier alpha value is -1.60. The number of hydrogen-bond donors (Lipinski definition) is 1. The lowest BCUT2D eigenvalue weighted by molar-refractivity contribution is -0.111. The van der Waals surface area contributed by atoms with Crippen LogP contribution in [0.5, 0.6) is 0 Å². The van der Waals surface area contributed by atoms with Crippen molar-refractivity contribution in [3.63, 3.8) is 0 Å². The minimum atomic E-state index is -0.505. The highest BCUT2D eigenvalue weighted by Crippen LogP contribution is 2.09. The predicted octanol–water partition coefficient (Wildman–Crippen LogP) is 0.325. The first kappa shape index (κ1) is 6.52. The van der Waals surface area contributed by atoms with E-state index in [1.54, 1.807) is 0 Å². The minimum Gasteiger partial charge on any atom is -0.506 e. The molecular formula is C7H4O3. The molecule has 10 heavy (non-hydrogen) atoms. The van der Waals surface area contributed by atoms with Crippen molar-refractivity contribution in [3.8, 4) is 0 Å². The highest BCUT2D eigenvalue weighted by atomic mass is 16.3. The van der Waals surface area contributed by atoms with Crippen LogP contribution in [-0.4, -0.2) is 16.8 Å². The van der Waals surface area contributed by atoms with E-state index < -0.39 is 5.78 Å². The highest BCUT2D eigenvalue weighted by Gasteiger charge is 2.14. The van der Waals surface area contributed by atoms with Gasteiger partial charge in [-0.25, -0.2) is 4.79 Å². The van der Waals surface area contributed by atoms with E-state index >= 15 is 0 Å². The topological polar surface area (TPSA) is 54.4 Å². The third-order valence-electron chi connectivity index (χ3n) is 1.11. The van der Waals surface area contributed by atoms with Crippen LogP contribution in [0.1, 0.15) is 0 Å². The molecule has 0 aliphatic heterocycles. The summed E-state index contributed by atoms with van der Waals surface area (Å²) in [6.07, 6.45) is 3.83. The van der Waals surface area contributed by atoms with Crippen molar-refractivity contribution in [2.45, 2.75) is 0 Å². The van der Waals surface area contributed by atoms with Crippen molar-refractivity contribution >= 4 is 11.7 Å². The van der Waals surface area contributed by atoms with Crippen molar-refractivity contribution in [2.24, 2.45) is 0 Å². The average Bonchev–Trinajstić information content (AvgIpc) is 1.88. The summed E-state index contributed by atoms with van der Waals surface area (Å²) in [6, 6.07) is 0. The summed E-state index contributed by atoms with van der Waals surface area (Å²) >= 11 is 0. The minimum absolute atomic E-state index is 0.303. The van der Waals surface area contributed by atoms with E-state index in [1.807, 2.05) is 0 Å². The van der Waals surface area contributed by atoms with Gasteiger partial charge in [0.05, 0.1) is 0 Å². The maximum atomic E-state index is 10.6. The summed E-state index contributed by atoms with van der Waals surface area (Å²) in [5.74, 6) is 0.529. The Morgan fingerprint density at radius 1 is 1.50 bits per heavy atom. The van der Waals surface area contributed by atoms with Crippen LogP contribution >= 0.6 is 0 Å². The maximum Gasteiger partial charge on any atom is 0.200 e. The Morgan fingerprint density at radius 2 is 2.20 bits per heavy atom. The third-order valence-corrected chi connectivity index (χ3v) is 1.11. The fourth-order valence-electron chi connectivity index (χ4n) is 0.622. The smallest absolute Gasteiger partial charge is 0.200 e. The molecule has 1 aliphatic rings. The largest absolute Gasteiger partial charge is 0.506 e. The Morgan fingerprint density at radius 3 is 2.60 bits per heavy atom. The molecule has 0 radical (unpaired) electrons. The van der Waals surface area contributed by atoms with E-state index in [2.05, 4.69) is 0 Å². The second kappa shape index (κ2) is 2.33. The van der Waals surface area contributed by atoms with Crippen molar-refractivity contribution < 1.29 is 14.7 Å². The SMILES string of the molecule is O=C=C1C(=O)C=CC=C1O. The van der Waals surface area contributed by atoms with Crippen LogP contribution in [-0.2, 0) is 9.59 Å². The quantitative estimate of drug-likeness (QED) is 0.385. The molecule has 0 saturated carbocycles. The molecule has 0 fully saturated rings. The van der Waals surface area contributed by atoms with E-state index in [4.69, 9.17) is 5.11 Å². The normalized spacial score (nSPS) is 16.6. The zero-order valence-electron chi connectivity index (χ0n) is 5.00. The molecule has 0 atom stereocenters. The van der Waals surface area contributed by atoms with Crippen molar-refractivity contribution in [3.05, 3.63) is 29.6 Å². The first-order chi connectivity index (χ1) is 4.75. The molecule has 0 heterocycles. The van der Waals surface area contributed by atoms with Crippen molar-refractivity contribution in [1.82, 2.24) is 0 Å². The lowest BCUT2D eigenvalue weighted by Gasteiger charge is -1.99. The van der Waals surface area contributed by atoms with Gasteiger partial charge in [-0.15, -0.1) is 0 Å². The van der Waals surface area contributed by atoms with Crippen molar-refractivity contribution in [2.75, 3.05) is 0 Å². The fourth-order valence-corrected chi connectivity index (χ4v) is 0.622. The number of aliphatic hydroxyl groups is 1. The number of allylic oxidation sites excluding steroid dienone is 4. The van der Waals surface area contributed by atoms with E-state index in [-0.39, 0.29) is 11.3 Å².